The van der Waals surface area contributed by atoms with Crippen LogP contribution in [0.5, 0.6) is 5.75 Å². The molecule has 0 spiro atoms. The molecule has 0 radical (unpaired) electrons. The number of rotatable bonds is 3. The van der Waals surface area contributed by atoms with Gasteiger partial charge in [-0.2, -0.15) is 0 Å². The van der Waals surface area contributed by atoms with Crippen molar-refractivity contribution < 1.29 is 4.74 Å². The van der Waals surface area contributed by atoms with Crippen LogP contribution >= 0.6 is 0 Å². The van der Waals surface area contributed by atoms with Gasteiger partial charge in [-0.15, -0.1) is 0 Å². The van der Waals surface area contributed by atoms with Crippen LogP contribution in [0, 0.1) is 0 Å². The van der Waals surface area contributed by atoms with Crippen molar-refractivity contribution in [3.63, 3.8) is 0 Å². The molecule has 0 bridgehead atoms. The highest BCUT2D eigenvalue weighted by atomic mass is 16.5. The lowest BCUT2D eigenvalue weighted by molar-refractivity contribution is 0.415. The van der Waals surface area contributed by atoms with Crippen molar-refractivity contribution in [2.24, 2.45) is 0 Å². The van der Waals surface area contributed by atoms with E-state index in [4.69, 9.17) is 4.74 Å². The topological polar surface area (TPSA) is 9.23 Å². The van der Waals surface area contributed by atoms with E-state index in [1.165, 1.54) is 38.2 Å². The Kier molecular flexibility index (Phi) is 3.70. The molecule has 1 nitrogen and oxygen atoms in total. The van der Waals surface area contributed by atoms with Crippen LogP contribution in [0.3, 0.4) is 0 Å². The highest BCUT2D eigenvalue weighted by Gasteiger charge is 2.10. The van der Waals surface area contributed by atoms with E-state index in [9.17, 15) is 0 Å². The molecule has 0 atom stereocenters. The van der Waals surface area contributed by atoms with Gasteiger partial charge in [-0.1, -0.05) is 61.5 Å². The van der Waals surface area contributed by atoms with E-state index in [1.54, 1.807) is 7.11 Å². The fourth-order valence-corrected chi connectivity index (χ4v) is 3.40. The fourth-order valence-electron chi connectivity index (χ4n) is 3.40. The van der Waals surface area contributed by atoms with Gasteiger partial charge in [0.1, 0.15) is 5.75 Å². The molecule has 0 saturated carbocycles. The second-order valence-corrected chi connectivity index (χ2v) is 6.11. The Hall–Kier alpha value is -2.80. The summed E-state index contributed by atoms with van der Waals surface area (Å²) in [5.74, 6) is 0.889. The van der Waals surface area contributed by atoms with E-state index in [0.717, 1.165) is 12.2 Å². The second-order valence-electron chi connectivity index (χ2n) is 6.11. The Labute approximate surface area is 142 Å². The third kappa shape index (κ3) is 2.43. The minimum atomic E-state index is 0.889. The van der Waals surface area contributed by atoms with E-state index in [0.29, 0.717) is 0 Å². The molecular formula is C23H20O. The van der Waals surface area contributed by atoms with Crippen molar-refractivity contribution in [1.82, 2.24) is 0 Å². The van der Waals surface area contributed by atoms with Crippen LogP contribution in [0.4, 0.5) is 0 Å². The van der Waals surface area contributed by atoms with Crippen molar-refractivity contribution >= 4 is 21.5 Å². The van der Waals surface area contributed by atoms with Crippen LogP contribution in [0.2, 0.25) is 0 Å². The second kappa shape index (κ2) is 6.01. The molecule has 0 aliphatic rings. The number of benzene rings is 4. The number of methoxy groups -OCH3 is 1. The molecule has 118 valence electrons. The number of ether oxygens (including phenoxy) is 1. The van der Waals surface area contributed by atoms with Crippen LogP contribution in [-0.2, 0) is 6.42 Å². The number of hydrogen-bond acceptors (Lipinski definition) is 1. The van der Waals surface area contributed by atoms with Gasteiger partial charge in [-0.25, -0.2) is 0 Å². The van der Waals surface area contributed by atoms with Gasteiger partial charge in [-0.3, -0.25) is 0 Å². The Morgan fingerprint density at radius 3 is 2.46 bits per heavy atom. The lowest BCUT2D eigenvalue weighted by atomic mass is 9.92. The molecule has 0 amide bonds. The van der Waals surface area contributed by atoms with Gasteiger partial charge in [0, 0.05) is 0 Å². The molecule has 0 aliphatic heterocycles. The summed E-state index contributed by atoms with van der Waals surface area (Å²) in [6, 6.07) is 26.1. The van der Waals surface area contributed by atoms with Crippen LogP contribution in [0.25, 0.3) is 32.7 Å². The lowest BCUT2D eigenvalue weighted by Gasteiger charge is -2.13. The average Bonchev–Trinajstić information content (AvgIpc) is 2.66. The zero-order valence-corrected chi connectivity index (χ0v) is 14.0. The normalized spacial score (nSPS) is 11.1. The van der Waals surface area contributed by atoms with Crippen molar-refractivity contribution in [2.75, 3.05) is 7.11 Å². The number of fused-ring (bicyclic) bond motifs is 3. The Bertz CT molecular complexity index is 1030. The van der Waals surface area contributed by atoms with Gasteiger partial charge in [0.15, 0.2) is 0 Å². The fraction of sp³-hybridized carbons (Fsp3) is 0.130. The molecule has 4 aromatic carbocycles. The molecule has 24 heavy (non-hydrogen) atoms. The maximum Gasteiger partial charge on any atom is 0.119 e. The highest BCUT2D eigenvalue weighted by molar-refractivity contribution is 6.13. The van der Waals surface area contributed by atoms with E-state index in [2.05, 4.69) is 73.7 Å². The minimum absolute atomic E-state index is 0.889. The lowest BCUT2D eigenvalue weighted by Crippen LogP contribution is -1.88. The molecule has 0 aromatic heterocycles. The highest BCUT2D eigenvalue weighted by Crippen LogP contribution is 2.36. The third-order valence-electron chi connectivity index (χ3n) is 4.71. The average molecular weight is 312 g/mol. The first-order valence-electron chi connectivity index (χ1n) is 8.39. The third-order valence-corrected chi connectivity index (χ3v) is 4.71. The Balaban J connectivity index is 2.11. The summed E-state index contributed by atoms with van der Waals surface area (Å²) in [6.45, 7) is 2.20. The predicted molar refractivity (Wildman–Crippen MR) is 103 cm³/mol. The molecule has 1 heteroatoms. The quantitative estimate of drug-likeness (QED) is 0.407. The maximum atomic E-state index is 5.42. The zero-order chi connectivity index (χ0) is 16.5. The summed E-state index contributed by atoms with van der Waals surface area (Å²) < 4.78 is 5.42. The van der Waals surface area contributed by atoms with Gasteiger partial charge in [0.25, 0.3) is 0 Å². The van der Waals surface area contributed by atoms with Crippen LogP contribution in [0.15, 0.2) is 72.8 Å². The van der Waals surface area contributed by atoms with E-state index < -0.39 is 0 Å². The summed E-state index contributed by atoms with van der Waals surface area (Å²) in [5, 5.41) is 5.19. The molecule has 0 unspecified atom stereocenters. The van der Waals surface area contributed by atoms with Crippen LogP contribution < -0.4 is 4.74 Å². The van der Waals surface area contributed by atoms with Crippen molar-refractivity contribution in [2.45, 2.75) is 13.3 Å². The molecule has 0 heterocycles. The van der Waals surface area contributed by atoms with Gasteiger partial charge >= 0.3 is 0 Å². The van der Waals surface area contributed by atoms with Gasteiger partial charge in [0.2, 0.25) is 0 Å². The smallest absolute Gasteiger partial charge is 0.119 e. The summed E-state index contributed by atoms with van der Waals surface area (Å²) in [4.78, 5) is 0. The van der Waals surface area contributed by atoms with E-state index in [-0.39, 0.29) is 0 Å². The molecule has 0 saturated heterocycles. The van der Waals surface area contributed by atoms with Gasteiger partial charge in [0.05, 0.1) is 7.11 Å². The summed E-state index contributed by atoms with van der Waals surface area (Å²) >= 11 is 0. The first-order valence-corrected chi connectivity index (χ1v) is 8.39. The Morgan fingerprint density at radius 2 is 1.62 bits per heavy atom. The van der Waals surface area contributed by atoms with Crippen molar-refractivity contribution in [3.05, 3.63) is 78.4 Å². The van der Waals surface area contributed by atoms with E-state index >= 15 is 0 Å². The Morgan fingerprint density at radius 1 is 0.750 bits per heavy atom. The summed E-state index contributed by atoms with van der Waals surface area (Å²) in [6.07, 6.45) is 1.04. The predicted octanol–water partition coefficient (Wildman–Crippen LogP) is 6.23. The first kappa shape index (κ1) is 14.8. The SMILES string of the molecule is CCc1ccc2c(c1)c(-c1cccc(OC)c1)cc1ccccc12. The molecule has 4 aromatic rings. The van der Waals surface area contributed by atoms with Crippen molar-refractivity contribution in [1.29, 1.82) is 0 Å². The number of aryl methyl sites for hydroxylation is 1. The molecule has 0 N–H and O–H groups in total. The molecular weight excluding hydrogens is 292 g/mol. The monoisotopic (exact) mass is 312 g/mol. The summed E-state index contributed by atoms with van der Waals surface area (Å²) in [5.41, 5.74) is 3.82. The summed E-state index contributed by atoms with van der Waals surface area (Å²) in [7, 11) is 1.72. The van der Waals surface area contributed by atoms with Gasteiger partial charge in [-0.05, 0) is 62.9 Å². The molecule has 0 aliphatic carbocycles. The molecule has 4 rings (SSSR count). The molecule has 0 fully saturated rings. The van der Waals surface area contributed by atoms with Crippen molar-refractivity contribution in [3.8, 4) is 16.9 Å². The first-order chi connectivity index (χ1) is 11.8. The van der Waals surface area contributed by atoms with Crippen LogP contribution in [0.1, 0.15) is 12.5 Å². The zero-order valence-electron chi connectivity index (χ0n) is 14.0. The standard InChI is InChI=1S/C23H20O/c1-3-16-11-12-21-20-10-5-4-7-18(20)15-22(23(21)13-16)17-8-6-9-19(14-17)24-2/h4-15H,3H2,1-2H3. The van der Waals surface area contributed by atoms with Gasteiger partial charge < -0.3 is 4.74 Å². The van der Waals surface area contributed by atoms with E-state index in [1.807, 2.05) is 6.07 Å². The maximum absolute atomic E-state index is 5.42. The number of hydrogen-bond donors (Lipinski definition) is 0. The largest absolute Gasteiger partial charge is 0.497 e. The van der Waals surface area contributed by atoms with Crippen LogP contribution in [-0.4, -0.2) is 7.11 Å². The minimum Gasteiger partial charge on any atom is -0.497 e.